The molecule has 0 aromatic rings. The maximum Gasteiger partial charge on any atom is 0.00731 e. The maximum absolute atomic E-state index is 6.01. The number of hydrogen-bond donors (Lipinski definition) is 1. The number of hydrogen-bond acceptors (Lipinski definition) is 1. The van der Waals surface area contributed by atoms with Gasteiger partial charge in [0.25, 0.3) is 0 Å². The van der Waals surface area contributed by atoms with Gasteiger partial charge in [0.1, 0.15) is 0 Å². The van der Waals surface area contributed by atoms with Crippen molar-refractivity contribution < 1.29 is 0 Å². The highest BCUT2D eigenvalue weighted by atomic mass is 14.6. The molecule has 13 heavy (non-hydrogen) atoms. The number of rotatable bonds is 8. The maximum atomic E-state index is 6.01. The Hall–Kier alpha value is -0.0400. The summed E-state index contributed by atoms with van der Waals surface area (Å²) in [6.45, 7) is 6.71. The zero-order valence-corrected chi connectivity index (χ0v) is 9.55. The van der Waals surface area contributed by atoms with Gasteiger partial charge in [-0.25, -0.2) is 0 Å². The van der Waals surface area contributed by atoms with Gasteiger partial charge in [0.2, 0.25) is 0 Å². The van der Waals surface area contributed by atoms with Crippen LogP contribution in [-0.4, -0.2) is 6.04 Å². The van der Waals surface area contributed by atoms with Crippen molar-refractivity contribution in [3.05, 3.63) is 6.42 Å². The first-order valence-corrected chi connectivity index (χ1v) is 5.85. The zero-order chi connectivity index (χ0) is 10.1. The lowest BCUT2D eigenvalue weighted by Crippen LogP contribution is -2.24. The lowest BCUT2D eigenvalue weighted by atomic mass is 9.93. The summed E-state index contributed by atoms with van der Waals surface area (Å²) in [7, 11) is 0. The molecule has 0 fully saturated rings. The first-order chi connectivity index (χ1) is 6.24. The molecule has 1 unspecified atom stereocenters. The molecule has 0 saturated carbocycles. The molecule has 0 aliphatic heterocycles. The molecule has 0 aromatic heterocycles. The lowest BCUT2D eigenvalue weighted by Gasteiger charge is -2.17. The van der Waals surface area contributed by atoms with Crippen LogP contribution < -0.4 is 5.73 Å². The summed E-state index contributed by atoms with van der Waals surface area (Å²) in [4.78, 5) is 0. The van der Waals surface area contributed by atoms with Crippen molar-refractivity contribution in [1.29, 1.82) is 0 Å². The molecule has 0 spiro atoms. The van der Waals surface area contributed by atoms with E-state index in [0.29, 0.717) is 6.04 Å². The van der Waals surface area contributed by atoms with E-state index in [1.54, 1.807) is 0 Å². The number of unbranched alkanes of at least 4 members (excludes halogenated alkanes) is 2. The molecule has 1 nitrogen and oxygen atoms in total. The van der Waals surface area contributed by atoms with Crippen LogP contribution in [0.1, 0.15) is 59.3 Å². The SMILES string of the molecule is CCCCCC(N)[CH]C(CC)CC. The Labute approximate surface area is 84.1 Å². The van der Waals surface area contributed by atoms with Crippen LogP contribution in [-0.2, 0) is 0 Å². The molecule has 0 aliphatic rings. The fraction of sp³-hybridized carbons (Fsp3) is 0.917. The van der Waals surface area contributed by atoms with E-state index >= 15 is 0 Å². The molecular weight excluding hydrogens is 158 g/mol. The molecule has 0 rings (SSSR count). The third kappa shape index (κ3) is 7.06. The topological polar surface area (TPSA) is 26.0 Å². The highest BCUT2D eigenvalue weighted by Crippen LogP contribution is 2.15. The van der Waals surface area contributed by atoms with Crippen molar-refractivity contribution in [2.24, 2.45) is 11.7 Å². The minimum Gasteiger partial charge on any atom is -0.327 e. The number of nitrogens with two attached hydrogens (primary N) is 1. The Morgan fingerprint density at radius 3 is 2.15 bits per heavy atom. The molecule has 79 valence electrons. The second-order valence-corrected chi connectivity index (χ2v) is 3.93. The minimum atomic E-state index is 0.330. The molecule has 1 heteroatoms. The van der Waals surface area contributed by atoms with Gasteiger partial charge in [-0.15, -0.1) is 0 Å². The molecule has 2 N–H and O–H groups in total. The van der Waals surface area contributed by atoms with Gasteiger partial charge in [-0.05, 0) is 18.8 Å². The summed E-state index contributed by atoms with van der Waals surface area (Å²) >= 11 is 0. The largest absolute Gasteiger partial charge is 0.327 e. The van der Waals surface area contributed by atoms with Crippen LogP contribution in [0.2, 0.25) is 0 Å². The van der Waals surface area contributed by atoms with E-state index in [0.717, 1.165) is 5.92 Å². The van der Waals surface area contributed by atoms with Gasteiger partial charge >= 0.3 is 0 Å². The standard InChI is InChI=1S/C12H26N/c1-4-7-8-9-12(13)10-11(5-2)6-3/h10-12H,4-9,13H2,1-3H3. The molecule has 1 radical (unpaired) electrons. The lowest BCUT2D eigenvalue weighted by molar-refractivity contribution is 0.490. The molecular formula is C12H26N. The van der Waals surface area contributed by atoms with E-state index in [1.165, 1.54) is 38.5 Å². The van der Waals surface area contributed by atoms with Gasteiger partial charge < -0.3 is 5.73 Å². The van der Waals surface area contributed by atoms with Crippen molar-refractivity contribution in [3.63, 3.8) is 0 Å². The van der Waals surface area contributed by atoms with Gasteiger partial charge in [0.15, 0.2) is 0 Å². The normalized spacial score (nSPS) is 13.6. The van der Waals surface area contributed by atoms with Gasteiger partial charge in [0.05, 0.1) is 0 Å². The van der Waals surface area contributed by atoms with Crippen molar-refractivity contribution in [2.45, 2.75) is 65.3 Å². The smallest absolute Gasteiger partial charge is 0.00731 e. The summed E-state index contributed by atoms with van der Waals surface area (Å²) in [5.41, 5.74) is 6.01. The Bertz CT molecular complexity index is 97.3. The van der Waals surface area contributed by atoms with Crippen LogP contribution in [0, 0.1) is 12.3 Å². The third-order valence-corrected chi connectivity index (χ3v) is 2.71. The van der Waals surface area contributed by atoms with Gasteiger partial charge in [-0.3, -0.25) is 0 Å². The van der Waals surface area contributed by atoms with E-state index in [2.05, 4.69) is 27.2 Å². The van der Waals surface area contributed by atoms with E-state index < -0.39 is 0 Å². The molecule has 0 aromatic carbocycles. The van der Waals surface area contributed by atoms with Crippen LogP contribution in [0.25, 0.3) is 0 Å². The van der Waals surface area contributed by atoms with Crippen molar-refractivity contribution in [2.75, 3.05) is 0 Å². The summed E-state index contributed by atoms with van der Waals surface area (Å²) in [5, 5.41) is 0. The Morgan fingerprint density at radius 2 is 1.69 bits per heavy atom. The second kappa shape index (κ2) is 8.55. The summed E-state index contributed by atoms with van der Waals surface area (Å²) < 4.78 is 0. The third-order valence-electron chi connectivity index (χ3n) is 2.71. The van der Waals surface area contributed by atoms with Crippen LogP contribution in [0.4, 0.5) is 0 Å². The van der Waals surface area contributed by atoms with E-state index in [-0.39, 0.29) is 0 Å². The van der Waals surface area contributed by atoms with Crippen molar-refractivity contribution >= 4 is 0 Å². The second-order valence-electron chi connectivity index (χ2n) is 3.93. The van der Waals surface area contributed by atoms with Crippen LogP contribution in [0.5, 0.6) is 0 Å². The fourth-order valence-electron chi connectivity index (χ4n) is 1.64. The van der Waals surface area contributed by atoms with Crippen molar-refractivity contribution in [3.8, 4) is 0 Å². The molecule has 0 amide bonds. The molecule has 1 atom stereocenters. The Morgan fingerprint density at radius 1 is 1.08 bits per heavy atom. The van der Waals surface area contributed by atoms with Crippen LogP contribution >= 0.6 is 0 Å². The highest BCUT2D eigenvalue weighted by Gasteiger charge is 2.09. The predicted octanol–water partition coefficient (Wildman–Crippen LogP) is 3.53. The van der Waals surface area contributed by atoms with E-state index in [9.17, 15) is 0 Å². The summed E-state index contributed by atoms with van der Waals surface area (Å²) in [6.07, 6.45) is 9.88. The van der Waals surface area contributed by atoms with Crippen LogP contribution in [0.3, 0.4) is 0 Å². The van der Waals surface area contributed by atoms with Crippen molar-refractivity contribution in [1.82, 2.24) is 0 Å². The Kier molecular flexibility index (Phi) is 8.53. The predicted molar refractivity (Wildman–Crippen MR) is 60.5 cm³/mol. The first kappa shape index (κ1) is 13.0. The van der Waals surface area contributed by atoms with Crippen LogP contribution in [0.15, 0.2) is 0 Å². The fourth-order valence-corrected chi connectivity index (χ4v) is 1.64. The zero-order valence-electron chi connectivity index (χ0n) is 9.55. The minimum absolute atomic E-state index is 0.330. The Balaban J connectivity index is 3.42. The molecule has 0 bridgehead atoms. The molecule has 0 saturated heterocycles. The van der Waals surface area contributed by atoms with Gasteiger partial charge in [-0.1, -0.05) is 52.9 Å². The quantitative estimate of drug-likeness (QED) is 0.574. The van der Waals surface area contributed by atoms with Gasteiger partial charge in [-0.2, -0.15) is 0 Å². The molecule has 0 aliphatic carbocycles. The first-order valence-electron chi connectivity index (χ1n) is 5.85. The average Bonchev–Trinajstić information content (AvgIpc) is 2.14. The van der Waals surface area contributed by atoms with E-state index in [4.69, 9.17) is 5.73 Å². The highest BCUT2D eigenvalue weighted by molar-refractivity contribution is 4.85. The monoisotopic (exact) mass is 184 g/mol. The average molecular weight is 184 g/mol. The van der Waals surface area contributed by atoms with E-state index in [1.807, 2.05) is 0 Å². The summed E-state index contributed by atoms with van der Waals surface area (Å²) in [6, 6.07) is 0.330. The molecule has 0 heterocycles. The summed E-state index contributed by atoms with van der Waals surface area (Å²) in [5.74, 6) is 0.733. The van der Waals surface area contributed by atoms with Gasteiger partial charge in [0, 0.05) is 6.04 Å².